The van der Waals surface area contributed by atoms with E-state index in [1.807, 2.05) is 38.1 Å². The molecule has 0 saturated carbocycles. The highest BCUT2D eigenvalue weighted by Gasteiger charge is 2.23. The average Bonchev–Trinajstić information content (AvgIpc) is 3.16. The minimum absolute atomic E-state index is 0.0258. The van der Waals surface area contributed by atoms with Crippen LogP contribution in [0.4, 0.5) is 5.82 Å². The fraction of sp³-hybridized carbons (Fsp3) is 0.368. The van der Waals surface area contributed by atoms with Gasteiger partial charge in [0, 0.05) is 30.7 Å². The first-order chi connectivity index (χ1) is 12.6. The van der Waals surface area contributed by atoms with Crippen LogP contribution < -0.4 is 10.6 Å². The number of aromatic nitrogens is 4. The van der Waals surface area contributed by atoms with Crippen LogP contribution in [0, 0.1) is 5.92 Å². The fourth-order valence-corrected chi connectivity index (χ4v) is 2.81. The van der Waals surface area contributed by atoms with Gasteiger partial charge in [0.1, 0.15) is 24.0 Å². The number of imidazole rings is 1. The molecule has 1 atom stereocenters. The van der Waals surface area contributed by atoms with E-state index in [1.54, 1.807) is 12.4 Å². The summed E-state index contributed by atoms with van der Waals surface area (Å²) in [5.74, 6) is 1.71. The van der Waals surface area contributed by atoms with Crippen LogP contribution in [0.5, 0.6) is 0 Å². The number of anilines is 1. The van der Waals surface area contributed by atoms with E-state index < -0.39 is 0 Å². The Morgan fingerprint density at radius 3 is 2.81 bits per heavy atom. The first kappa shape index (κ1) is 17.8. The molecule has 3 aromatic rings. The van der Waals surface area contributed by atoms with Gasteiger partial charge in [-0.2, -0.15) is 0 Å². The molecule has 26 heavy (non-hydrogen) atoms. The maximum absolute atomic E-state index is 12.6. The van der Waals surface area contributed by atoms with Crippen LogP contribution in [0.15, 0.2) is 43.0 Å². The summed E-state index contributed by atoms with van der Waals surface area (Å²) in [6.45, 7) is 4.64. The SMILES string of the molecule is CC(C)[C@H](Nc1ncnc2ccccc12)C(=O)NCCCc1ncc[nH]1. The van der Waals surface area contributed by atoms with Crippen molar-refractivity contribution < 1.29 is 4.79 Å². The quantitative estimate of drug-likeness (QED) is 0.542. The molecule has 0 aliphatic heterocycles. The van der Waals surface area contributed by atoms with E-state index in [-0.39, 0.29) is 17.9 Å². The predicted molar refractivity (Wildman–Crippen MR) is 102 cm³/mol. The summed E-state index contributed by atoms with van der Waals surface area (Å²) in [5, 5.41) is 7.21. The number of para-hydroxylation sites is 1. The summed E-state index contributed by atoms with van der Waals surface area (Å²) < 4.78 is 0. The van der Waals surface area contributed by atoms with Crippen molar-refractivity contribution in [3.05, 3.63) is 48.8 Å². The molecule has 0 spiro atoms. The van der Waals surface area contributed by atoms with Crippen molar-refractivity contribution in [3.8, 4) is 0 Å². The molecule has 0 fully saturated rings. The number of fused-ring (bicyclic) bond motifs is 1. The van der Waals surface area contributed by atoms with Gasteiger partial charge in [-0.1, -0.05) is 26.0 Å². The summed E-state index contributed by atoms with van der Waals surface area (Å²) in [6.07, 6.45) is 6.70. The van der Waals surface area contributed by atoms with E-state index in [1.165, 1.54) is 6.33 Å². The molecule has 2 aromatic heterocycles. The van der Waals surface area contributed by atoms with Gasteiger partial charge < -0.3 is 15.6 Å². The van der Waals surface area contributed by atoms with E-state index in [0.29, 0.717) is 12.4 Å². The topological polar surface area (TPSA) is 95.6 Å². The lowest BCUT2D eigenvalue weighted by Gasteiger charge is -2.22. The van der Waals surface area contributed by atoms with Crippen LogP contribution in [0.1, 0.15) is 26.1 Å². The monoisotopic (exact) mass is 352 g/mol. The van der Waals surface area contributed by atoms with Crippen molar-refractivity contribution in [1.82, 2.24) is 25.3 Å². The minimum Gasteiger partial charge on any atom is -0.358 e. The maximum atomic E-state index is 12.6. The van der Waals surface area contributed by atoms with Crippen LogP contribution in [-0.2, 0) is 11.2 Å². The highest BCUT2D eigenvalue weighted by Crippen LogP contribution is 2.20. The number of nitrogens with one attached hydrogen (secondary N) is 3. The van der Waals surface area contributed by atoms with E-state index in [2.05, 4.69) is 30.6 Å². The van der Waals surface area contributed by atoms with Gasteiger partial charge in [0.25, 0.3) is 0 Å². The Kier molecular flexibility index (Phi) is 5.78. The third-order valence-corrected chi connectivity index (χ3v) is 4.23. The summed E-state index contributed by atoms with van der Waals surface area (Å²) in [4.78, 5) is 28.5. The second-order valence-electron chi connectivity index (χ2n) is 6.54. The number of hydrogen-bond acceptors (Lipinski definition) is 5. The molecule has 0 saturated heterocycles. The summed E-state index contributed by atoms with van der Waals surface area (Å²) in [5.41, 5.74) is 0.853. The van der Waals surface area contributed by atoms with Crippen LogP contribution >= 0.6 is 0 Å². The van der Waals surface area contributed by atoms with Crippen molar-refractivity contribution in [2.75, 3.05) is 11.9 Å². The van der Waals surface area contributed by atoms with Crippen molar-refractivity contribution in [2.24, 2.45) is 5.92 Å². The molecule has 0 aliphatic carbocycles. The number of hydrogen-bond donors (Lipinski definition) is 3. The first-order valence-electron chi connectivity index (χ1n) is 8.87. The third kappa shape index (κ3) is 4.36. The number of aromatic amines is 1. The smallest absolute Gasteiger partial charge is 0.242 e. The minimum atomic E-state index is -0.364. The van der Waals surface area contributed by atoms with Crippen molar-refractivity contribution >= 4 is 22.6 Å². The molecule has 0 radical (unpaired) electrons. The Labute approximate surface area is 152 Å². The Morgan fingerprint density at radius 1 is 1.19 bits per heavy atom. The van der Waals surface area contributed by atoms with Gasteiger partial charge in [0.05, 0.1) is 5.52 Å². The normalized spacial score (nSPS) is 12.3. The molecule has 136 valence electrons. The highest BCUT2D eigenvalue weighted by molar-refractivity contribution is 5.92. The Hall–Kier alpha value is -2.96. The molecule has 0 aliphatic rings. The van der Waals surface area contributed by atoms with E-state index >= 15 is 0 Å². The number of rotatable bonds is 8. The molecular weight excluding hydrogens is 328 g/mol. The lowest BCUT2D eigenvalue weighted by molar-refractivity contribution is -0.122. The molecule has 1 amide bonds. The van der Waals surface area contributed by atoms with Gasteiger partial charge in [0.15, 0.2) is 0 Å². The summed E-state index contributed by atoms with van der Waals surface area (Å²) in [6, 6.07) is 7.40. The summed E-state index contributed by atoms with van der Waals surface area (Å²) >= 11 is 0. The van der Waals surface area contributed by atoms with Crippen LogP contribution in [-0.4, -0.2) is 38.4 Å². The molecule has 3 N–H and O–H groups in total. The zero-order chi connectivity index (χ0) is 18.4. The van der Waals surface area contributed by atoms with Gasteiger partial charge in [-0.25, -0.2) is 15.0 Å². The third-order valence-electron chi connectivity index (χ3n) is 4.23. The molecule has 1 aromatic carbocycles. The molecule has 7 heteroatoms. The Morgan fingerprint density at radius 2 is 2.04 bits per heavy atom. The van der Waals surface area contributed by atoms with E-state index in [0.717, 1.165) is 29.6 Å². The van der Waals surface area contributed by atoms with Gasteiger partial charge in [-0.05, 0) is 24.5 Å². The Bertz CT molecular complexity index is 841. The van der Waals surface area contributed by atoms with Gasteiger partial charge in [-0.15, -0.1) is 0 Å². The molecule has 0 unspecified atom stereocenters. The second-order valence-corrected chi connectivity index (χ2v) is 6.54. The summed E-state index contributed by atoms with van der Waals surface area (Å²) in [7, 11) is 0. The number of amides is 1. The molecule has 0 bridgehead atoms. The number of nitrogens with zero attached hydrogens (tertiary/aromatic N) is 3. The molecule has 2 heterocycles. The largest absolute Gasteiger partial charge is 0.358 e. The lowest BCUT2D eigenvalue weighted by Crippen LogP contribution is -2.43. The standard InChI is InChI=1S/C19H24N6O/c1-13(2)17(19(26)22-9-5-8-16-20-10-11-21-16)25-18-14-6-3-4-7-15(14)23-12-24-18/h3-4,6-7,10-13,17H,5,8-9H2,1-2H3,(H,20,21)(H,22,26)(H,23,24,25)/t17-/m0/s1. The number of carbonyl (C=O) groups is 1. The highest BCUT2D eigenvalue weighted by atomic mass is 16.2. The number of aryl methyl sites for hydroxylation is 1. The van der Waals surface area contributed by atoms with Crippen molar-refractivity contribution in [1.29, 1.82) is 0 Å². The lowest BCUT2D eigenvalue weighted by atomic mass is 10.0. The number of benzene rings is 1. The molecule has 3 rings (SSSR count). The zero-order valence-electron chi connectivity index (χ0n) is 15.1. The van der Waals surface area contributed by atoms with Gasteiger partial charge >= 0.3 is 0 Å². The zero-order valence-corrected chi connectivity index (χ0v) is 15.1. The fourth-order valence-electron chi connectivity index (χ4n) is 2.81. The number of carbonyl (C=O) groups excluding carboxylic acids is 1. The van der Waals surface area contributed by atoms with Gasteiger partial charge in [0.2, 0.25) is 5.91 Å². The first-order valence-corrected chi connectivity index (χ1v) is 8.87. The van der Waals surface area contributed by atoms with Crippen LogP contribution in [0.2, 0.25) is 0 Å². The second kappa shape index (κ2) is 8.42. The number of H-pyrrole nitrogens is 1. The van der Waals surface area contributed by atoms with E-state index in [4.69, 9.17) is 0 Å². The molecular formula is C19H24N6O. The van der Waals surface area contributed by atoms with Crippen molar-refractivity contribution in [2.45, 2.75) is 32.7 Å². The van der Waals surface area contributed by atoms with Crippen molar-refractivity contribution in [3.63, 3.8) is 0 Å². The van der Waals surface area contributed by atoms with Crippen LogP contribution in [0.3, 0.4) is 0 Å². The van der Waals surface area contributed by atoms with Gasteiger partial charge in [-0.3, -0.25) is 4.79 Å². The maximum Gasteiger partial charge on any atom is 0.242 e. The van der Waals surface area contributed by atoms with Crippen LogP contribution in [0.25, 0.3) is 10.9 Å². The van der Waals surface area contributed by atoms with E-state index in [9.17, 15) is 4.79 Å². The average molecular weight is 352 g/mol. The molecule has 7 nitrogen and oxygen atoms in total. The predicted octanol–water partition coefficient (Wildman–Crippen LogP) is 2.54. The Balaban J connectivity index is 1.61.